The Morgan fingerprint density at radius 3 is 2.82 bits per heavy atom. The molecule has 0 radical (unpaired) electrons. The molecule has 0 aliphatic carbocycles. The first kappa shape index (κ1) is 14.5. The van der Waals surface area contributed by atoms with Crippen LogP contribution in [0, 0.1) is 6.92 Å². The summed E-state index contributed by atoms with van der Waals surface area (Å²) in [5.74, 6) is 2.14. The van der Waals surface area contributed by atoms with E-state index in [0.717, 1.165) is 5.56 Å². The van der Waals surface area contributed by atoms with Crippen molar-refractivity contribution in [3.05, 3.63) is 24.0 Å². The van der Waals surface area contributed by atoms with Gasteiger partial charge in [0.05, 0.1) is 11.8 Å². The maximum Gasteiger partial charge on any atom is 0.280 e. The van der Waals surface area contributed by atoms with Crippen molar-refractivity contribution in [2.45, 2.75) is 26.3 Å². The highest BCUT2D eigenvalue weighted by molar-refractivity contribution is 5.58. The predicted octanol–water partition coefficient (Wildman–Crippen LogP) is 1.58. The number of nitrogens with zero attached hydrogens (tertiary/aromatic N) is 5. The largest absolute Gasteiger partial charge is 0.440 e. The normalized spacial score (nSPS) is 12.7. The molecule has 0 fully saturated rings. The Balaban J connectivity index is 1.87. The van der Waals surface area contributed by atoms with Crippen LogP contribution in [-0.4, -0.2) is 38.0 Å². The molecule has 0 aliphatic heterocycles. The fourth-order valence-corrected chi connectivity index (χ4v) is 2.06. The third-order valence-electron chi connectivity index (χ3n) is 3.40. The molecule has 1 atom stereocenters. The summed E-state index contributed by atoms with van der Waals surface area (Å²) in [6, 6.07) is 0.273. The lowest BCUT2D eigenvalue weighted by atomic mass is 10.2. The van der Waals surface area contributed by atoms with E-state index in [2.05, 4.69) is 32.5 Å². The minimum absolute atomic E-state index is 0.273. The van der Waals surface area contributed by atoms with Crippen molar-refractivity contribution in [3.63, 3.8) is 0 Å². The molecule has 22 heavy (non-hydrogen) atoms. The van der Waals surface area contributed by atoms with Gasteiger partial charge in [-0.1, -0.05) is 5.16 Å². The maximum atomic E-state index is 5.68. The van der Waals surface area contributed by atoms with Gasteiger partial charge in [-0.15, -0.1) is 0 Å². The Morgan fingerprint density at radius 1 is 1.32 bits per heavy atom. The fraction of sp³-hybridized carbons (Fsp3) is 0.429. The molecule has 1 N–H and O–H groups in total. The van der Waals surface area contributed by atoms with Gasteiger partial charge in [0.25, 0.3) is 5.89 Å². The molecule has 0 aliphatic rings. The van der Waals surface area contributed by atoms with Crippen LogP contribution in [0.5, 0.6) is 0 Å². The number of oxazole rings is 1. The number of hydrogen-bond donors (Lipinski definition) is 1. The molecule has 3 aromatic heterocycles. The summed E-state index contributed by atoms with van der Waals surface area (Å²) in [5, 5.41) is 11.2. The quantitative estimate of drug-likeness (QED) is 0.764. The van der Waals surface area contributed by atoms with Crippen LogP contribution >= 0.6 is 0 Å². The average Bonchev–Trinajstić information content (AvgIpc) is 3.19. The number of nitrogens with one attached hydrogen (secondary N) is 1. The van der Waals surface area contributed by atoms with E-state index in [1.54, 1.807) is 10.9 Å². The lowest BCUT2D eigenvalue weighted by Gasteiger charge is -2.04. The van der Waals surface area contributed by atoms with Gasteiger partial charge >= 0.3 is 0 Å². The van der Waals surface area contributed by atoms with Crippen LogP contribution in [0.15, 0.2) is 21.3 Å². The van der Waals surface area contributed by atoms with Crippen LogP contribution in [0.4, 0.5) is 0 Å². The molecule has 0 bridgehead atoms. The van der Waals surface area contributed by atoms with Gasteiger partial charge in [0.2, 0.25) is 5.89 Å². The molecule has 3 heterocycles. The lowest BCUT2D eigenvalue weighted by Crippen LogP contribution is -2.24. The van der Waals surface area contributed by atoms with Gasteiger partial charge in [-0.3, -0.25) is 4.68 Å². The zero-order chi connectivity index (χ0) is 15.7. The van der Waals surface area contributed by atoms with Crippen molar-refractivity contribution in [3.8, 4) is 23.0 Å². The van der Waals surface area contributed by atoms with Crippen LogP contribution < -0.4 is 5.32 Å². The second kappa shape index (κ2) is 5.72. The highest BCUT2D eigenvalue weighted by atomic mass is 16.5. The van der Waals surface area contributed by atoms with Crippen molar-refractivity contribution in [2.75, 3.05) is 7.05 Å². The standard InChI is InChI=1S/C14H18N6O2/c1-8(15-3)5-11-17-14(22-19-11)12-9(2)21-13(18-12)10-6-16-20(4)7-10/h6-8,15H,5H2,1-4H3. The molecule has 0 amide bonds. The van der Waals surface area contributed by atoms with E-state index in [4.69, 9.17) is 8.94 Å². The second-order valence-corrected chi connectivity index (χ2v) is 5.24. The highest BCUT2D eigenvalue weighted by Crippen LogP contribution is 2.27. The molecule has 0 saturated heterocycles. The molecule has 3 aromatic rings. The minimum Gasteiger partial charge on any atom is -0.440 e. The summed E-state index contributed by atoms with van der Waals surface area (Å²) < 4.78 is 12.7. The molecule has 0 spiro atoms. The number of aromatic nitrogens is 5. The van der Waals surface area contributed by atoms with Gasteiger partial charge in [0, 0.05) is 25.7 Å². The summed E-state index contributed by atoms with van der Waals surface area (Å²) in [4.78, 5) is 8.82. The van der Waals surface area contributed by atoms with Crippen molar-refractivity contribution in [1.82, 2.24) is 30.2 Å². The summed E-state index contributed by atoms with van der Waals surface area (Å²) in [5.41, 5.74) is 1.37. The Kier molecular flexibility index (Phi) is 3.76. The van der Waals surface area contributed by atoms with E-state index in [1.165, 1.54) is 0 Å². The number of hydrogen-bond acceptors (Lipinski definition) is 7. The Bertz CT molecular complexity index is 772. The van der Waals surface area contributed by atoms with Crippen LogP contribution in [0.2, 0.25) is 0 Å². The first-order chi connectivity index (χ1) is 10.6. The van der Waals surface area contributed by atoms with Crippen molar-refractivity contribution >= 4 is 0 Å². The first-order valence-electron chi connectivity index (χ1n) is 7.03. The Labute approximate surface area is 127 Å². The molecule has 116 valence electrons. The summed E-state index contributed by atoms with van der Waals surface area (Å²) in [6.45, 7) is 3.88. The molecular weight excluding hydrogens is 284 g/mol. The lowest BCUT2D eigenvalue weighted by molar-refractivity contribution is 0.416. The van der Waals surface area contributed by atoms with E-state index in [1.807, 2.05) is 27.2 Å². The Hall–Kier alpha value is -2.48. The second-order valence-electron chi connectivity index (χ2n) is 5.24. The highest BCUT2D eigenvalue weighted by Gasteiger charge is 2.20. The summed E-state index contributed by atoms with van der Waals surface area (Å²) in [7, 11) is 3.74. The van der Waals surface area contributed by atoms with Crippen LogP contribution in [0.3, 0.4) is 0 Å². The molecule has 1 unspecified atom stereocenters. The van der Waals surface area contributed by atoms with Gasteiger partial charge in [0.15, 0.2) is 11.5 Å². The zero-order valence-corrected chi connectivity index (χ0v) is 13.0. The van der Waals surface area contributed by atoms with Crippen LogP contribution in [0.25, 0.3) is 23.0 Å². The SMILES string of the molecule is CNC(C)Cc1noc(-c2nc(-c3cnn(C)c3)oc2C)n1. The van der Waals surface area contributed by atoms with E-state index in [-0.39, 0.29) is 6.04 Å². The number of rotatable bonds is 5. The van der Waals surface area contributed by atoms with Crippen LogP contribution in [0.1, 0.15) is 18.5 Å². The third-order valence-corrected chi connectivity index (χ3v) is 3.40. The first-order valence-corrected chi connectivity index (χ1v) is 7.03. The average molecular weight is 302 g/mol. The van der Waals surface area contributed by atoms with Crippen molar-refractivity contribution < 1.29 is 8.94 Å². The third kappa shape index (κ3) is 2.77. The van der Waals surface area contributed by atoms with E-state index in [0.29, 0.717) is 35.5 Å². The van der Waals surface area contributed by atoms with Crippen molar-refractivity contribution in [2.24, 2.45) is 7.05 Å². The minimum atomic E-state index is 0.273. The molecule has 8 nitrogen and oxygen atoms in total. The monoisotopic (exact) mass is 302 g/mol. The van der Waals surface area contributed by atoms with Crippen LogP contribution in [-0.2, 0) is 13.5 Å². The molecular formula is C14H18N6O2. The van der Waals surface area contributed by atoms with Crippen molar-refractivity contribution in [1.29, 1.82) is 0 Å². The predicted molar refractivity (Wildman–Crippen MR) is 79.0 cm³/mol. The number of aryl methyl sites for hydroxylation is 2. The van der Waals surface area contributed by atoms with E-state index >= 15 is 0 Å². The van der Waals surface area contributed by atoms with Gasteiger partial charge in [0.1, 0.15) is 5.76 Å². The summed E-state index contributed by atoms with van der Waals surface area (Å²) in [6.07, 6.45) is 4.22. The molecule has 3 rings (SSSR count). The number of likely N-dealkylation sites (N-methyl/N-ethyl adjacent to an activating group) is 1. The molecule has 0 aromatic carbocycles. The van der Waals surface area contributed by atoms with E-state index in [9.17, 15) is 0 Å². The van der Waals surface area contributed by atoms with Gasteiger partial charge in [-0.05, 0) is 20.9 Å². The molecule has 8 heteroatoms. The fourth-order valence-electron chi connectivity index (χ4n) is 2.06. The van der Waals surface area contributed by atoms with Gasteiger partial charge in [-0.25, -0.2) is 4.98 Å². The smallest absolute Gasteiger partial charge is 0.280 e. The maximum absolute atomic E-state index is 5.68. The van der Waals surface area contributed by atoms with Gasteiger partial charge < -0.3 is 14.3 Å². The zero-order valence-electron chi connectivity index (χ0n) is 13.0. The molecule has 0 saturated carbocycles. The van der Waals surface area contributed by atoms with Gasteiger partial charge in [-0.2, -0.15) is 10.1 Å². The van der Waals surface area contributed by atoms with E-state index < -0.39 is 0 Å². The topological polar surface area (TPSA) is 94.8 Å². The summed E-state index contributed by atoms with van der Waals surface area (Å²) >= 11 is 0. The Morgan fingerprint density at radius 2 is 2.14 bits per heavy atom.